The summed E-state index contributed by atoms with van der Waals surface area (Å²) in [5, 5.41) is 11.1. The number of fused-ring (bicyclic) bond motifs is 1. The second-order valence-corrected chi connectivity index (χ2v) is 10.7. The summed E-state index contributed by atoms with van der Waals surface area (Å²) < 4.78 is 22.8. The van der Waals surface area contributed by atoms with Gasteiger partial charge in [-0.15, -0.1) is 0 Å². The molecule has 0 aliphatic carbocycles. The first kappa shape index (κ1) is 29.2. The predicted molar refractivity (Wildman–Crippen MR) is 142 cm³/mol. The lowest BCUT2D eigenvalue weighted by Crippen LogP contribution is -2.35. The van der Waals surface area contributed by atoms with Crippen molar-refractivity contribution >= 4 is 11.8 Å². The van der Waals surface area contributed by atoms with Crippen LogP contribution in [0.4, 0.5) is 0 Å². The molecule has 0 saturated carbocycles. The molecule has 0 spiro atoms. The maximum absolute atomic E-state index is 13.0. The number of aliphatic hydroxyl groups is 1. The summed E-state index contributed by atoms with van der Waals surface area (Å²) in [5.74, 6) is -1.48. The molecule has 0 radical (unpaired) electrons. The molecule has 3 rings (SSSR count). The quantitative estimate of drug-likeness (QED) is 0.338. The van der Waals surface area contributed by atoms with Crippen molar-refractivity contribution in [1.29, 1.82) is 0 Å². The van der Waals surface area contributed by atoms with E-state index in [0.29, 0.717) is 24.0 Å². The average molecular weight is 515 g/mol. The molecule has 0 aromatic heterocycles. The van der Waals surface area contributed by atoms with Gasteiger partial charge in [0.2, 0.25) is 0 Å². The van der Waals surface area contributed by atoms with Crippen LogP contribution in [0.25, 0.3) is 0 Å². The van der Waals surface area contributed by atoms with E-state index in [9.17, 15) is 14.7 Å². The molecule has 0 bridgehead atoms. The second-order valence-electron chi connectivity index (χ2n) is 10.7. The summed E-state index contributed by atoms with van der Waals surface area (Å²) in [7, 11) is 1.61. The minimum Gasteiger partial charge on any atom is -0.454 e. The van der Waals surface area contributed by atoms with E-state index >= 15 is 0 Å². The van der Waals surface area contributed by atoms with Gasteiger partial charge in [-0.1, -0.05) is 56.4 Å². The highest BCUT2D eigenvalue weighted by Crippen LogP contribution is 2.40. The summed E-state index contributed by atoms with van der Waals surface area (Å²) in [6, 6.07) is 0. The first-order valence-corrected chi connectivity index (χ1v) is 13.1. The highest BCUT2D eigenvalue weighted by Gasteiger charge is 2.49. The Morgan fingerprint density at radius 1 is 1.11 bits per heavy atom. The van der Waals surface area contributed by atoms with E-state index in [1.807, 2.05) is 51.2 Å². The summed E-state index contributed by atoms with van der Waals surface area (Å²) in [4.78, 5) is 25.8. The third-order valence-electron chi connectivity index (χ3n) is 7.47. The number of ether oxygens (including phenoxy) is 4. The van der Waals surface area contributed by atoms with Crippen LogP contribution < -0.4 is 0 Å². The van der Waals surface area contributed by atoms with Crippen molar-refractivity contribution in [3.8, 4) is 0 Å². The minimum atomic E-state index is -0.801. The third-order valence-corrected chi connectivity index (χ3v) is 7.47. The Morgan fingerprint density at radius 2 is 1.78 bits per heavy atom. The molecule has 3 heterocycles. The van der Waals surface area contributed by atoms with Gasteiger partial charge in [0.05, 0.1) is 24.4 Å². The van der Waals surface area contributed by atoms with Crippen molar-refractivity contribution < 1.29 is 33.6 Å². The first-order chi connectivity index (χ1) is 17.4. The Morgan fingerprint density at radius 3 is 2.43 bits per heavy atom. The van der Waals surface area contributed by atoms with Crippen molar-refractivity contribution in [2.75, 3.05) is 7.11 Å². The fraction of sp³-hybridized carbons (Fsp3) is 0.600. The molecule has 3 aliphatic heterocycles. The Hall–Kier alpha value is -2.32. The Balaban J connectivity index is 1.87. The van der Waals surface area contributed by atoms with E-state index < -0.39 is 35.6 Å². The van der Waals surface area contributed by atoms with Crippen LogP contribution in [-0.4, -0.2) is 66.2 Å². The van der Waals surface area contributed by atoms with E-state index in [-0.39, 0.29) is 30.2 Å². The van der Waals surface area contributed by atoms with Gasteiger partial charge in [0.25, 0.3) is 0 Å². The van der Waals surface area contributed by atoms with Gasteiger partial charge in [-0.2, -0.15) is 0 Å². The summed E-state index contributed by atoms with van der Waals surface area (Å²) >= 11 is 0. The smallest absolute Gasteiger partial charge is 0.334 e. The highest BCUT2D eigenvalue weighted by atomic mass is 16.6. The zero-order chi connectivity index (χ0) is 27.3. The lowest BCUT2D eigenvalue weighted by atomic mass is 9.92. The van der Waals surface area contributed by atoms with Crippen LogP contribution in [0.5, 0.6) is 0 Å². The number of hydrogen-bond acceptors (Lipinski definition) is 7. The van der Waals surface area contributed by atoms with Gasteiger partial charge in [-0.25, -0.2) is 4.79 Å². The van der Waals surface area contributed by atoms with Gasteiger partial charge < -0.3 is 24.1 Å². The van der Waals surface area contributed by atoms with Crippen LogP contribution >= 0.6 is 0 Å². The van der Waals surface area contributed by atoms with Crippen LogP contribution in [0, 0.1) is 11.8 Å². The van der Waals surface area contributed by atoms with Crippen LogP contribution in [0.1, 0.15) is 54.4 Å². The molecular formula is C30H42O7. The number of carbonyl (C=O) groups is 2. The number of Topliss-reactive ketones (excluding diaryl/α,β-unsaturated/α-hetero) is 1. The van der Waals surface area contributed by atoms with E-state index in [1.54, 1.807) is 46.1 Å². The molecule has 0 amide bonds. The fourth-order valence-electron chi connectivity index (χ4n) is 4.46. The van der Waals surface area contributed by atoms with Crippen LogP contribution in [0.15, 0.2) is 59.8 Å². The second kappa shape index (κ2) is 12.5. The van der Waals surface area contributed by atoms with E-state index in [1.165, 1.54) is 0 Å². The number of esters is 1. The van der Waals surface area contributed by atoms with Crippen molar-refractivity contribution in [3.05, 3.63) is 59.8 Å². The molecular weight excluding hydrogens is 472 g/mol. The molecule has 2 saturated heterocycles. The van der Waals surface area contributed by atoms with Crippen LogP contribution in [-0.2, 0) is 28.5 Å². The van der Waals surface area contributed by atoms with Gasteiger partial charge in [0, 0.05) is 30.9 Å². The standard InChI is InChI=1S/C30H42O7/c1-18-10-8-9-11-27-30(6,37-27)15-14-23(34-7)17-24(31)21(4)25(12-13-26-22(5)35-26)36-29(33)20(3)16-19(2)28(18)32/h8-10,12-16,19,21-27,31H,11,17H2,1-7H3. The molecule has 1 N–H and O–H groups in total. The minimum absolute atomic E-state index is 0.0240. The molecule has 9 atom stereocenters. The molecule has 7 nitrogen and oxygen atoms in total. The lowest BCUT2D eigenvalue weighted by Gasteiger charge is -2.27. The molecule has 37 heavy (non-hydrogen) atoms. The number of cyclic esters (lactones) is 1. The van der Waals surface area contributed by atoms with E-state index in [0.717, 1.165) is 0 Å². The topological polar surface area (TPSA) is 97.9 Å². The summed E-state index contributed by atoms with van der Waals surface area (Å²) in [6.45, 7) is 11.0. The Kier molecular flexibility index (Phi) is 9.86. The zero-order valence-corrected chi connectivity index (χ0v) is 23.0. The molecule has 7 heteroatoms. The van der Waals surface area contributed by atoms with Gasteiger partial charge in [0.1, 0.15) is 17.8 Å². The maximum atomic E-state index is 13.0. The number of ketones is 1. The maximum Gasteiger partial charge on any atom is 0.334 e. The molecule has 0 aromatic carbocycles. The fourth-order valence-corrected chi connectivity index (χ4v) is 4.46. The predicted octanol–water partition coefficient (Wildman–Crippen LogP) is 4.42. The van der Waals surface area contributed by atoms with Crippen molar-refractivity contribution in [1.82, 2.24) is 0 Å². The number of carbonyl (C=O) groups excluding carboxylic acids is 2. The number of hydrogen-bond donors (Lipinski definition) is 1. The van der Waals surface area contributed by atoms with Crippen molar-refractivity contribution in [2.45, 2.75) is 96.6 Å². The number of methoxy groups -OCH3 is 1. The summed E-state index contributed by atoms with van der Waals surface area (Å²) in [6.07, 6.45) is 14.2. The van der Waals surface area contributed by atoms with Crippen molar-refractivity contribution in [3.63, 3.8) is 0 Å². The van der Waals surface area contributed by atoms with E-state index in [4.69, 9.17) is 18.9 Å². The molecule has 204 valence electrons. The highest BCUT2D eigenvalue weighted by molar-refractivity contribution is 5.99. The summed E-state index contributed by atoms with van der Waals surface area (Å²) in [5.41, 5.74) is 0.553. The number of epoxide rings is 2. The SMILES string of the molecule is COC1C=CC2(C)OC2CC=CC=C(C)C(=O)C(C)C=C(C)C(=O)OC(C=CC2OC2C)C(C)C(O)C1. The van der Waals surface area contributed by atoms with Crippen molar-refractivity contribution in [2.24, 2.45) is 11.8 Å². The lowest BCUT2D eigenvalue weighted by molar-refractivity contribution is -0.146. The third kappa shape index (κ3) is 8.08. The largest absolute Gasteiger partial charge is 0.454 e. The Labute approximate surface area is 220 Å². The Bertz CT molecular complexity index is 990. The normalized spacial score (nSPS) is 40.0. The number of aliphatic hydroxyl groups excluding tert-OH is 1. The van der Waals surface area contributed by atoms with Gasteiger partial charge in [0.15, 0.2) is 5.78 Å². The molecule has 2 fully saturated rings. The van der Waals surface area contributed by atoms with Gasteiger partial charge in [-0.05, 0) is 45.8 Å². The number of allylic oxidation sites excluding steroid dienone is 4. The van der Waals surface area contributed by atoms with Crippen LogP contribution in [0.2, 0.25) is 0 Å². The van der Waals surface area contributed by atoms with Gasteiger partial charge >= 0.3 is 5.97 Å². The van der Waals surface area contributed by atoms with Gasteiger partial charge in [-0.3, -0.25) is 4.79 Å². The number of rotatable bonds is 3. The van der Waals surface area contributed by atoms with E-state index in [2.05, 4.69) is 0 Å². The zero-order valence-electron chi connectivity index (χ0n) is 23.0. The molecule has 3 aliphatic rings. The monoisotopic (exact) mass is 514 g/mol. The molecule has 9 unspecified atom stereocenters. The average Bonchev–Trinajstić information content (AvgIpc) is 3.75. The molecule has 0 aromatic rings. The first-order valence-electron chi connectivity index (χ1n) is 13.1. The van der Waals surface area contributed by atoms with Crippen LogP contribution in [0.3, 0.4) is 0 Å².